The average Bonchev–Trinajstić information content (AvgIpc) is 3.00. The summed E-state index contributed by atoms with van der Waals surface area (Å²) in [5.41, 5.74) is 2.61. The van der Waals surface area contributed by atoms with E-state index in [9.17, 15) is 13.2 Å². The first-order valence-corrected chi connectivity index (χ1v) is 9.01. The predicted octanol–water partition coefficient (Wildman–Crippen LogP) is 1.35. The number of benzene rings is 1. The van der Waals surface area contributed by atoms with E-state index < -0.39 is 10.2 Å². The van der Waals surface area contributed by atoms with E-state index >= 15 is 0 Å². The van der Waals surface area contributed by atoms with Gasteiger partial charge in [0, 0.05) is 42.5 Å². The molecule has 0 aliphatic heterocycles. The van der Waals surface area contributed by atoms with E-state index in [0.29, 0.717) is 11.3 Å². The first-order valence-electron chi connectivity index (χ1n) is 7.46. The molecule has 2 heterocycles. The summed E-state index contributed by atoms with van der Waals surface area (Å²) >= 11 is 0. The molecule has 0 unspecified atom stereocenters. The number of carbonyl (C=O) groups excluding carboxylic acids is 1. The molecule has 0 saturated heterocycles. The Morgan fingerprint density at radius 2 is 1.88 bits per heavy atom. The molecule has 0 atom stereocenters. The minimum Gasteiger partial charge on any atom is -0.322 e. The number of carbonyl (C=O) groups is 1. The number of hydrogen-bond donors (Lipinski definition) is 3. The largest absolute Gasteiger partial charge is 0.322 e. The molecule has 0 saturated carbocycles. The molecule has 1 amide bonds. The topological polar surface area (TPSA) is 132 Å². The van der Waals surface area contributed by atoms with E-state index in [1.807, 2.05) is 6.20 Å². The van der Waals surface area contributed by atoms with Crippen molar-refractivity contribution in [1.29, 1.82) is 0 Å². The lowest BCUT2D eigenvalue weighted by molar-refractivity contribution is 0.102. The van der Waals surface area contributed by atoms with Gasteiger partial charge in [0.25, 0.3) is 16.1 Å². The van der Waals surface area contributed by atoms with Gasteiger partial charge >= 0.3 is 0 Å². The van der Waals surface area contributed by atoms with E-state index in [-0.39, 0.29) is 11.6 Å². The van der Waals surface area contributed by atoms with Gasteiger partial charge in [-0.15, -0.1) is 0 Å². The normalized spacial score (nSPS) is 11.2. The van der Waals surface area contributed by atoms with Gasteiger partial charge in [-0.3, -0.25) is 19.2 Å². The van der Waals surface area contributed by atoms with Crippen LogP contribution in [-0.4, -0.2) is 29.1 Å². The number of aromatic nitrogens is 3. The fraction of sp³-hybridized carbons (Fsp3) is 0.0625. The lowest BCUT2D eigenvalue weighted by atomic mass is 10.1. The van der Waals surface area contributed by atoms with Gasteiger partial charge in [0.05, 0.1) is 17.4 Å². The number of pyridine rings is 1. The fourth-order valence-electron chi connectivity index (χ4n) is 2.32. The monoisotopic (exact) mass is 372 g/mol. The SMILES string of the molecule is Cn1cc(-c2cncc(C(=O)Nc3cccc(NS(N)(=O)=O)c3)c2)cn1. The fourth-order valence-corrected chi connectivity index (χ4v) is 2.78. The minimum absolute atomic E-state index is 0.243. The Balaban J connectivity index is 1.79. The van der Waals surface area contributed by atoms with Crippen molar-refractivity contribution >= 4 is 27.5 Å². The summed E-state index contributed by atoms with van der Waals surface area (Å²) in [4.78, 5) is 16.6. The van der Waals surface area contributed by atoms with Crippen LogP contribution in [0.15, 0.2) is 55.1 Å². The first-order chi connectivity index (χ1) is 12.3. The molecule has 0 radical (unpaired) electrons. The van der Waals surface area contributed by atoms with Gasteiger partial charge in [-0.25, -0.2) is 5.14 Å². The Bertz CT molecular complexity index is 1060. The third-order valence-corrected chi connectivity index (χ3v) is 3.94. The number of aryl methyl sites for hydroxylation is 1. The molecule has 9 nitrogen and oxygen atoms in total. The van der Waals surface area contributed by atoms with Gasteiger partial charge in [0.2, 0.25) is 0 Å². The second-order valence-corrected chi connectivity index (χ2v) is 6.84. The molecule has 0 bridgehead atoms. The number of rotatable bonds is 5. The summed E-state index contributed by atoms with van der Waals surface area (Å²) in [5.74, 6) is -0.379. The predicted molar refractivity (Wildman–Crippen MR) is 97.6 cm³/mol. The molecule has 4 N–H and O–H groups in total. The quantitative estimate of drug-likeness (QED) is 0.622. The van der Waals surface area contributed by atoms with Crippen molar-refractivity contribution in [3.8, 4) is 11.1 Å². The molecule has 26 heavy (non-hydrogen) atoms. The number of nitrogens with zero attached hydrogens (tertiary/aromatic N) is 3. The van der Waals surface area contributed by atoms with Crippen LogP contribution in [0.25, 0.3) is 11.1 Å². The molecule has 134 valence electrons. The molecule has 3 rings (SSSR count). The summed E-state index contributed by atoms with van der Waals surface area (Å²) in [6.45, 7) is 0. The van der Waals surface area contributed by atoms with Gasteiger partial charge in [-0.1, -0.05) is 6.07 Å². The third kappa shape index (κ3) is 4.43. The van der Waals surface area contributed by atoms with Crippen molar-refractivity contribution in [3.63, 3.8) is 0 Å². The van der Waals surface area contributed by atoms with Gasteiger partial charge in [0.15, 0.2) is 0 Å². The van der Waals surface area contributed by atoms with Crippen molar-refractivity contribution in [3.05, 3.63) is 60.7 Å². The second-order valence-electron chi connectivity index (χ2n) is 5.55. The molecule has 0 fully saturated rings. The number of amides is 1. The Kier molecular flexibility index (Phi) is 4.69. The van der Waals surface area contributed by atoms with Crippen LogP contribution in [0, 0.1) is 0 Å². The van der Waals surface area contributed by atoms with Gasteiger partial charge in [-0.05, 0) is 24.3 Å². The average molecular weight is 372 g/mol. The Morgan fingerprint density at radius 3 is 2.58 bits per heavy atom. The number of nitrogens with one attached hydrogen (secondary N) is 2. The maximum absolute atomic E-state index is 12.5. The molecule has 1 aromatic carbocycles. The first kappa shape index (κ1) is 17.6. The highest BCUT2D eigenvalue weighted by molar-refractivity contribution is 7.90. The van der Waals surface area contributed by atoms with Crippen LogP contribution in [0.1, 0.15) is 10.4 Å². The van der Waals surface area contributed by atoms with E-state index in [0.717, 1.165) is 11.1 Å². The van der Waals surface area contributed by atoms with Crippen LogP contribution in [0.4, 0.5) is 11.4 Å². The molecule has 3 aromatic rings. The maximum Gasteiger partial charge on any atom is 0.296 e. The van der Waals surface area contributed by atoms with Crippen molar-refractivity contribution < 1.29 is 13.2 Å². The third-order valence-electron chi connectivity index (χ3n) is 3.42. The highest BCUT2D eigenvalue weighted by atomic mass is 32.2. The Hall–Kier alpha value is -3.24. The molecular formula is C16H16N6O3S. The van der Waals surface area contributed by atoms with Gasteiger partial charge in [-0.2, -0.15) is 13.5 Å². The van der Waals surface area contributed by atoms with Crippen LogP contribution in [0.3, 0.4) is 0 Å². The van der Waals surface area contributed by atoms with Crippen LogP contribution >= 0.6 is 0 Å². The highest BCUT2D eigenvalue weighted by Crippen LogP contribution is 2.20. The van der Waals surface area contributed by atoms with Crippen molar-refractivity contribution in [2.24, 2.45) is 12.2 Å². The minimum atomic E-state index is -3.89. The maximum atomic E-state index is 12.5. The summed E-state index contributed by atoms with van der Waals surface area (Å²) in [7, 11) is -2.09. The molecule has 2 aromatic heterocycles. The highest BCUT2D eigenvalue weighted by Gasteiger charge is 2.10. The number of hydrogen-bond acceptors (Lipinski definition) is 5. The van der Waals surface area contributed by atoms with Crippen LogP contribution in [0.5, 0.6) is 0 Å². The molecule has 10 heteroatoms. The summed E-state index contributed by atoms with van der Waals surface area (Å²) in [6.07, 6.45) is 6.59. The summed E-state index contributed by atoms with van der Waals surface area (Å²) in [5, 5.41) is 11.7. The standard InChI is InChI=1S/C16H16N6O3S/c1-22-10-13(9-19-22)11-5-12(8-18-7-11)16(23)20-14-3-2-4-15(6-14)21-26(17,24)25/h2-10,21H,1H3,(H,20,23)(H2,17,24,25). The Labute approximate surface area is 150 Å². The Morgan fingerprint density at radius 1 is 1.12 bits per heavy atom. The van der Waals surface area contributed by atoms with Crippen LogP contribution in [0.2, 0.25) is 0 Å². The zero-order chi connectivity index (χ0) is 18.7. The van der Waals surface area contributed by atoms with E-state index in [1.165, 1.54) is 18.3 Å². The van der Waals surface area contributed by atoms with Crippen LogP contribution in [-0.2, 0) is 17.3 Å². The van der Waals surface area contributed by atoms with E-state index in [4.69, 9.17) is 5.14 Å². The summed E-state index contributed by atoms with van der Waals surface area (Å²) < 4.78 is 26.0. The van der Waals surface area contributed by atoms with Crippen molar-refractivity contribution in [2.45, 2.75) is 0 Å². The lowest BCUT2D eigenvalue weighted by Gasteiger charge is -2.08. The molecule has 0 spiro atoms. The molecule has 0 aliphatic rings. The van der Waals surface area contributed by atoms with Crippen LogP contribution < -0.4 is 15.2 Å². The lowest BCUT2D eigenvalue weighted by Crippen LogP contribution is -2.21. The van der Waals surface area contributed by atoms with Gasteiger partial charge < -0.3 is 5.32 Å². The molecule has 0 aliphatic carbocycles. The van der Waals surface area contributed by atoms with Crippen molar-refractivity contribution in [1.82, 2.24) is 14.8 Å². The zero-order valence-corrected chi connectivity index (χ0v) is 14.6. The number of anilines is 2. The van der Waals surface area contributed by atoms with E-state index in [2.05, 4.69) is 20.1 Å². The molecular weight excluding hydrogens is 356 g/mol. The number of nitrogens with two attached hydrogens (primary N) is 1. The van der Waals surface area contributed by atoms with E-state index in [1.54, 1.807) is 42.3 Å². The smallest absolute Gasteiger partial charge is 0.296 e. The van der Waals surface area contributed by atoms with Gasteiger partial charge in [0.1, 0.15) is 0 Å². The second kappa shape index (κ2) is 6.94. The van der Waals surface area contributed by atoms with Crippen molar-refractivity contribution in [2.75, 3.05) is 10.0 Å². The zero-order valence-electron chi connectivity index (χ0n) is 13.7. The summed E-state index contributed by atoms with van der Waals surface area (Å²) in [6, 6.07) is 7.90.